The molecule has 1 fully saturated rings. The predicted octanol–water partition coefficient (Wildman–Crippen LogP) is 1.47. The molecule has 104 valence electrons. The molecule has 0 radical (unpaired) electrons. The van der Waals surface area contributed by atoms with Gasteiger partial charge in [0.15, 0.2) is 0 Å². The van der Waals surface area contributed by atoms with Crippen molar-refractivity contribution < 1.29 is 9.53 Å². The summed E-state index contributed by atoms with van der Waals surface area (Å²) in [4.78, 5) is 12.8. The van der Waals surface area contributed by atoms with Crippen LogP contribution in [0.25, 0.3) is 0 Å². The first kappa shape index (κ1) is 13.7. The van der Waals surface area contributed by atoms with Gasteiger partial charge in [0.05, 0.1) is 0 Å². The summed E-state index contributed by atoms with van der Waals surface area (Å²) in [7, 11) is 0. The zero-order chi connectivity index (χ0) is 13.5. The maximum atomic E-state index is 10.4. The Bertz CT molecular complexity index is 400. The van der Waals surface area contributed by atoms with E-state index in [9.17, 15) is 4.79 Å². The fourth-order valence-electron chi connectivity index (χ4n) is 2.26. The minimum absolute atomic E-state index is 0.307. The zero-order valence-corrected chi connectivity index (χ0v) is 11.1. The van der Waals surface area contributed by atoms with Crippen LogP contribution in [0.5, 0.6) is 0 Å². The summed E-state index contributed by atoms with van der Waals surface area (Å²) in [6, 6.07) is 8.61. The van der Waals surface area contributed by atoms with Crippen molar-refractivity contribution in [2.24, 2.45) is 5.73 Å². The fourth-order valence-corrected chi connectivity index (χ4v) is 2.26. The molecule has 5 nitrogen and oxygen atoms in total. The third kappa shape index (κ3) is 4.44. The van der Waals surface area contributed by atoms with Crippen LogP contribution in [0.4, 0.5) is 10.5 Å². The third-order valence-corrected chi connectivity index (χ3v) is 3.26. The van der Waals surface area contributed by atoms with Crippen molar-refractivity contribution in [1.82, 2.24) is 5.32 Å². The van der Waals surface area contributed by atoms with Gasteiger partial charge >= 0.3 is 6.09 Å². The van der Waals surface area contributed by atoms with Gasteiger partial charge in [-0.05, 0) is 30.5 Å². The number of nitrogens with two attached hydrogens (primary N) is 1. The Morgan fingerprint density at radius 1 is 1.26 bits per heavy atom. The van der Waals surface area contributed by atoms with Crippen molar-refractivity contribution in [2.45, 2.75) is 19.4 Å². The van der Waals surface area contributed by atoms with Gasteiger partial charge in [0, 0.05) is 31.9 Å². The Balaban J connectivity index is 1.71. The number of nitrogens with one attached hydrogen (secondary N) is 1. The molecule has 2 rings (SSSR count). The first-order valence-electron chi connectivity index (χ1n) is 6.72. The van der Waals surface area contributed by atoms with Crippen molar-refractivity contribution >= 4 is 11.8 Å². The number of hydrogen-bond donors (Lipinski definition) is 2. The maximum Gasteiger partial charge on any atom is 0.404 e. The molecule has 3 N–H and O–H groups in total. The topological polar surface area (TPSA) is 67.6 Å². The molecule has 1 heterocycles. The molecule has 19 heavy (non-hydrogen) atoms. The average Bonchev–Trinajstić information content (AvgIpc) is 2.93. The highest BCUT2D eigenvalue weighted by Crippen LogP contribution is 2.20. The molecular formula is C14H21N3O2. The highest BCUT2D eigenvalue weighted by Gasteiger charge is 2.11. The molecule has 1 saturated heterocycles. The van der Waals surface area contributed by atoms with E-state index in [1.54, 1.807) is 0 Å². The molecule has 1 aromatic rings. The normalized spacial score (nSPS) is 14.6. The first-order chi connectivity index (χ1) is 9.25. The fraction of sp³-hybridized carbons (Fsp3) is 0.500. The lowest BCUT2D eigenvalue weighted by Crippen LogP contribution is -2.23. The van der Waals surface area contributed by atoms with Crippen molar-refractivity contribution in [3.63, 3.8) is 0 Å². The van der Waals surface area contributed by atoms with E-state index < -0.39 is 6.09 Å². The van der Waals surface area contributed by atoms with Crippen LogP contribution >= 0.6 is 0 Å². The minimum Gasteiger partial charge on any atom is -0.448 e. The van der Waals surface area contributed by atoms with Gasteiger partial charge in [-0.2, -0.15) is 0 Å². The van der Waals surface area contributed by atoms with E-state index in [-0.39, 0.29) is 0 Å². The zero-order valence-electron chi connectivity index (χ0n) is 11.1. The van der Waals surface area contributed by atoms with E-state index >= 15 is 0 Å². The van der Waals surface area contributed by atoms with E-state index in [1.165, 1.54) is 37.2 Å². The van der Waals surface area contributed by atoms with Gasteiger partial charge in [0.1, 0.15) is 6.61 Å². The molecule has 0 saturated carbocycles. The first-order valence-corrected chi connectivity index (χ1v) is 6.72. The molecule has 1 aromatic carbocycles. The lowest BCUT2D eigenvalue weighted by Gasteiger charge is -2.17. The van der Waals surface area contributed by atoms with Crippen LogP contribution in [-0.4, -0.2) is 32.3 Å². The summed E-state index contributed by atoms with van der Waals surface area (Å²) in [5.41, 5.74) is 7.40. The van der Waals surface area contributed by atoms with Gasteiger partial charge in [0.2, 0.25) is 0 Å². The molecule has 1 aliphatic rings. The number of benzene rings is 1. The third-order valence-electron chi connectivity index (χ3n) is 3.26. The van der Waals surface area contributed by atoms with Crippen molar-refractivity contribution in [3.8, 4) is 0 Å². The predicted molar refractivity (Wildman–Crippen MR) is 75.1 cm³/mol. The Morgan fingerprint density at radius 2 is 1.95 bits per heavy atom. The molecule has 0 spiro atoms. The van der Waals surface area contributed by atoms with Crippen LogP contribution in [0.2, 0.25) is 0 Å². The number of carbonyl (C=O) groups excluding carboxylic acids is 1. The number of carbonyl (C=O) groups is 1. The highest BCUT2D eigenvalue weighted by atomic mass is 16.5. The second kappa shape index (κ2) is 6.99. The second-order valence-electron chi connectivity index (χ2n) is 4.70. The van der Waals surface area contributed by atoms with Crippen molar-refractivity contribution in [2.75, 3.05) is 31.1 Å². The number of anilines is 1. The van der Waals surface area contributed by atoms with Gasteiger partial charge in [-0.25, -0.2) is 4.79 Å². The highest BCUT2D eigenvalue weighted by molar-refractivity contribution is 5.64. The number of hydrogen-bond acceptors (Lipinski definition) is 4. The van der Waals surface area contributed by atoms with Crippen LogP contribution in [0.1, 0.15) is 18.4 Å². The number of amides is 1. The summed E-state index contributed by atoms with van der Waals surface area (Å²) >= 11 is 0. The Labute approximate surface area is 113 Å². The van der Waals surface area contributed by atoms with E-state index in [2.05, 4.69) is 39.2 Å². The molecule has 1 amide bonds. The molecule has 5 heteroatoms. The van der Waals surface area contributed by atoms with Gasteiger partial charge in [-0.15, -0.1) is 0 Å². The summed E-state index contributed by atoms with van der Waals surface area (Å²) in [6.45, 7) is 4.02. The van der Waals surface area contributed by atoms with Crippen LogP contribution in [-0.2, 0) is 11.3 Å². The number of ether oxygens (including phenoxy) is 1. The number of nitrogens with zero attached hydrogens (tertiary/aromatic N) is 1. The van der Waals surface area contributed by atoms with Crippen molar-refractivity contribution in [3.05, 3.63) is 29.8 Å². The smallest absolute Gasteiger partial charge is 0.404 e. The Morgan fingerprint density at radius 3 is 2.58 bits per heavy atom. The maximum absolute atomic E-state index is 10.4. The standard InChI is InChI=1S/C14H21N3O2/c15-14(18)19-10-7-16-11-12-3-5-13(6-4-12)17-8-1-2-9-17/h3-6,16H,1-2,7-11H2,(H2,15,18). The van der Waals surface area contributed by atoms with Crippen LogP contribution in [0.15, 0.2) is 24.3 Å². The minimum atomic E-state index is -0.725. The van der Waals surface area contributed by atoms with Crippen molar-refractivity contribution in [1.29, 1.82) is 0 Å². The lowest BCUT2D eigenvalue weighted by molar-refractivity contribution is 0.157. The molecule has 0 aromatic heterocycles. The molecule has 0 unspecified atom stereocenters. The van der Waals surface area contributed by atoms with Gasteiger partial charge < -0.3 is 20.7 Å². The van der Waals surface area contributed by atoms with E-state index in [0.29, 0.717) is 13.2 Å². The number of primary amides is 1. The quantitative estimate of drug-likeness (QED) is 0.763. The monoisotopic (exact) mass is 263 g/mol. The van der Waals surface area contributed by atoms with Gasteiger partial charge in [-0.1, -0.05) is 12.1 Å². The van der Waals surface area contributed by atoms with Gasteiger partial charge in [0.25, 0.3) is 0 Å². The van der Waals surface area contributed by atoms with Gasteiger partial charge in [-0.3, -0.25) is 0 Å². The largest absolute Gasteiger partial charge is 0.448 e. The average molecular weight is 263 g/mol. The Hall–Kier alpha value is -1.75. The second-order valence-corrected chi connectivity index (χ2v) is 4.70. The SMILES string of the molecule is NC(=O)OCCNCc1ccc(N2CCCC2)cc1. The summed E-state index contributed by atoms with van der Waals surface area (Å²) < 4.78 is 4.64. The van der Waals surface area contributed by atoms with E-state index in [4.69, 9.17) is 5.73 Å². The van der Waals surface area contributed by atoms with Crippen LogP contribution in [0, 0.1) is 0 Å². The summed E-state index contributed by atoms with van der Waals surface area (Å²) in [6.07, 6.45) is 1.86. The summed E-state index contributed by atoms with van der Waals surface area (Å²) in [5, 5.41) is 3.20. The molecule has 1 aliphatic heterocycles. The Kier molecular flexibility index (Phi) is 5.03. The lowest BCUT2D eigenvalue weighted by atomic mass is 10.2. The molecule has 0 bridgehead atoms. The van der Waals surface area contributed by atoms with E-state index in [1.807, 2.05) is 0 Å². The molecule has 0 aliphatic carbocycles. The van der Waals surface area contributed by atoms with E-state index in [0.717, 1.165) is 6.54 Å². The molecule has 0 atom stereocenters. The summed E-state index contributed by atoms with van der Waals surface area (Å²) in [5.74, 6) is 0. The van der Waals surface area contributed by atoms with Crippen LogP contribution < -0.4 is 16.0 Å². The van der Waals surface area contributed by atoms with Crippen LogP contribution in [0.3, 0.4) is 0 Å². The molecular weight excluding hydrogens is 242 g/mol. The number of rotatable bonds is 6.